The number of pyridine rings is 1. The molecular weight excluding hydrogens is 266 g/mol. The molecule has 2 aromatic rings. The summed E-state index contributed by atoms with van der Waals surface area (Å²) >= 11 is 0. The predicted molar refractivity (Wildman–Crippen MR) is 78.3 cm³/mol. The molecule has 0 saturated heterocycles. The van der Waals surface area contributed by atoms with Crippen molar-refractivity contribution in [2.45, 2.75) is 25.6 Å². The van der Waals surface area contributed by atoms with Gasteiger partial charge in [0.1, 0.15) is 0 Å². The second kappa shape index (κ2) is 6.05. The van der Waals surface area contributed by atoms with Crippen molar-refractivity contribution in [3.8, 4) is 0 Å². The average Bonchev–Trinajstić information content (AvgIpc) is 2.97. The number of carbonyl (C=O) groups is 1. The molecule has 0 bridgehead atoms. The second-order valence-electron chi connectivity index (χ2n) is 5.29. The summed E-state index contributed by atoms with van der Waals surface area (Å²) in [4.78, 5) is 18.4. The summed E-state index contributed by atoms with van der Waals surface area (Å²) in [5.74, 6) is 0.0427. The number of amides is 1. The molecule has 0 radical (unpaired) electrons. The van der Waals surface area contributed by atoms with Crippen LogP contribution in [0.3, 0.4) is 0 Å². The molecule has 3 heterocycles. The van der Waals surface area contributed by atoms with Crippen LogP contribution in [-0.2, 0) is 17.9 Å². The SMILES string of the molecule is CNC(=O)C[C@@H]1CN(Cc2ccccn2)Cc2ccnn21. The standard InChI is InChI=1S/C15H19N5O/c1-16-15(21)8-14-11-19(9-12-4-2-3-6-17-12)10-13-5-7-18-20(13)14/h2-7,14H,8-11H2,1H3,(H,16,21)/t14-/m1/s1. The number of hydrogen-bond donors (Lipinski definition) is 1. The van der Waals surface area contributed by atoms with E-state index >= 15 is 0 Å². The summed E-state index contributed by atoms with van der Waals surface area (Å²) in [6.07, 6.45) is 4.06. The molecule has 2 aromatic heterocycles. The van der Waals surface area contributed by atoms with Crippen molar-refractivity contribution in [3.05, 3.63) is 48.0 Å². The van der Waals surface area contributed by atoms with Gasteiger partial charge in [0.25, 0.3) is 0 Å². The summed E-state index contributed by atoms with van der Waals surface area (Å²) in [7, 11) is 1.67. The molecule has 1 aliphatic rings. The fourth-order valence-corrected chi connectivity index (χ4v) is 2.77. The van der Waals surface area contributed by atoms with Gasteiger partial charge in [-0.2, -0.15) is 5.10 Å². The Morgan fingerprint density at radius 3 is 3.05 bits per heavy atom. The Morgan fingerprint density at radius 1 is 1.38 bits per heavy atom. The lowest BCUT2D eigenvalue weighted by atomic mass is 10.1. The molecular formula is C15H19N5O. The van der Waals surface area contributed by atoms with Crippen LogP contribution in [0.2, 0.25) is 0 Å². The van der Waals surface area contributed by atoms with Gasteiger partial charge in [0, 0.05) is 39.1 Å². The minimum atomic E-state index is 0.0427. The van der Waals surface area contributed by atoms with Gasteiger partial charge in [0.05, 0.1) is 23.9 Å². The number of carbonyl (C=O) groups excluding carboxylic acids is 1. The van der Waals surface area contributed by atoms with E-state index in [0.717, 1.165) is 31.0 Å². The highest BCUT2D eigenvalue weighted by Gasteiger charge is 2.27. The topological polar surface area (TPSA) is 63.1 Å². The molecule has 6 heteroatoms. The zero-order chi connectivity index (χ0) is 14.7. The van der Waals surface area contributed by atoms with Crippen molar-refractivity contribution in [2.24, 2.45) is 0 Å². The molecule has 0 aliphatic carbocycles. The van der Waals surface area contributed by atoms with Gasteiger partial charge in [-0.3, -0.25) is 19.4 Å². The molecule has 1 N–H and O–H groups in total. The van der Waals surface area contributed by atoms with Gasteiger partial charge in [0.15, 0.2) is 0 Å². The summed E-state index contributed by atoms with van der Waals surface area (Å²) in [5.41, 5.74) is 2.19. The fourth-order valence-electron chi connectivity index (χ4n) is 2.77. The van der Waals surface area contributed by atoms with Crippen LogP contribution in [-0.4, -0.2) is 39.2 Å². The van der Waals surface area contributed by atoms with Crippen LogP contribution in [0, 0.1) is 0 Å². The number of hydrogen-bond acceptors (Lipinski definition) is 4. The van der Waals surface area contributed by atoms with E-state index in [0.29, 0.717) is 6.42 Å². The van der Waals surface area contributed by atoms with Crippen LogP contribution >= 0.6 is 0 Å². The van der Waals surface area contributed by atoms with E-state index in [1.165, 1.54) is 0 Å². The summed E-state index contributed by atoms with van der Waals surface area (Å²) in [5, 5.41) is 7.05. The average molecular weight is 285 g/mol. The molecule has 1 aliphatic heterocycles. The zero-order valence-electron chi connectivity index (χ0n) is 12.1. The van der Waals surface area contributed by atoms with Crippen LogP contribution in [0.4, 0.5) is 0 Å². The lowest BCUT2D eigenvalue weighted by molar-refractivity contribution is -0.121. The van der Waals surface area contributed by atoms with E-state index in [1.807, 2.05) is 35.1 Å². The predicted octanol–water partition coefficient (Wildman–Crippen LogP) is 0.971. The molecule has 110 valence electrons. The van der Waals surface area contributed by atoms with E-state index in [-0.39, 0.29) is 11.9 Å². The first-order valence-corrected chi connectivity index (χ1v) is 7.11. The molecule has 0 saturated carbocycles. The minimum Gasteiger partial charge on any atom is -0.359 e. The Bertz CT molecular complexity index is 610. The maximum atomic E-state index is 11.7. The molecule has 1 atom stereocenters. The van der Waals surface area contributed by atoms with Crippen LogP contribution in [0.1, 0.15) is 23.9 Å². The summed E-state index contributed by atoms with van der Waals surface area (Å²) in [6.45, 7) is 2.43. The van der Waals surface area contributed by atoms with Gasteiger partial charge >= 0.3 is 0 Å². The van der Waals surface area contributed by atoms with E-state index in [2.05, 4.69) is 20.3 Å². The van der Waals surface area contributed by atoms with Crippen molar-refractivity contribution in [3.63, 3.8) is 0 Å². The van der Waals surface area contributed by atoms with Crippen LogP contribution in [0.5, 0.6) is 0 Å². The first kappa shape index (κ1) is 13.8. The van der Waals surface area contributed by atoms with Crippen LogP contribution < -0.4 is 5.32 Å². The fraction of sp³-hybridized carbons (Fsp3) is 0.400. The van der Waals surface area contributed by atoms with E-state index in [4.69, 9.17) is 0 Å². The third kappa shape index (κ3) is 3.11. The van der Waals surface area contributed by atoms with Gasteiger partial charge in [-0.05, 0) is 18.2 Å². The third-order valence-corrected chi connectivity index (χ3v) is 3.76. The lowest BCUT2D eigenvalue weighted by Crippen LogP contribution is -2.39. The smallest absolute Gasteiger partial charge is 0.221 e. The number of rotatable bonds is 4. The quantitative estimate of drug-likeness (QED) is 0.909. The highest BCUT2D eigenvalue weighted by molar-refractivity contribution is 5.76. The molecule has 0 aromatic carbocycles. The van der Waals surface area contributed by atoms with Gasteiger partial charge < -0.3 is 5.32 Å². The van der Waals surface area contributed by atoms with Crippen molar-refractivity contribution in [1.82, 2.24) is 25.0 Å². The first-order chi connectivity index (χ1) is 10.3. The van der Waals surface area contributed by atoms with E-state index in [1.54, 1.807) is 13.2 Å². The lowest BCUT2D eigenvalue weighted by Gasteiger charge is -2.33. The largest absolute Gasteiger partial charge is 0.359 e. The van der Waals surface area contributed by atoms with Crippen molar-refractivity contribution >= 4 is 5.91 Å². The molecule has 0 spiro atoms. The number of aromatic nitrogens is 3. The normalized spacial score (nSPS) is 18.2. The van der Waals surface area contributed by atoms with Gasteiger partial charge in [-0.15, -0.1) is 0 Å². The Morgan fingerprint density at radius 2 is 2.29 bits per heavy atom. The number of fused-ring (bicyclic) bond motifs is 1. The minimum absolute atomic E-state index is 0.0427. The van der Waals surface area contributed by atoms with Crippen molar-refractivity contribution in [1.29, 1.82) is 0 Å². The summed E-state index contributed by atoms with van der Waals surface area (Å²) < 4.78 is 1.98. The molecule has 3 rings (SSSR count). The first-order valence-electron chi connectivity index (χ1n) is 7.11. The van der Waals surface area contributed by atoms with Crippen molar-refractivity contribution in [2.75, 3.05) is 13.6 Å². The van der Waals surface area contributed by atoms with E-state index < -0.39 is 0 Å². The summed E-state index contributed by atoms with van der Waals surface area (Å²) in [6, 6.07) is 8.04. The van der Waals surface area contributed by atoms with Crippen LogP contribution in [0.25, 0.3) is 0 Å². The highest BCUT2D eigenvalue weighted by atomic mass is 16.1. The molecule has 1 amide bonds. The third-order valence-electron chi connectivity index (χ3n) is 3.76. The van der Waals surface area contributed by atoms with Gasteiger partial charge in [-0.25, -0.2) is 0 Å². The molecule has 0 fully saturated rings. The van der Waals surface area contributed by atoms with Gasteiger partial charge in [-0.1, -0.05) is 6.07 Å². The van der Waals surface area contributed by atoms with Crippen molar-refractivity contribution < 1.29 is 4.79 Å². The monoisotopic (exact) mass is 285 g/mol. The Balaban J connectivity index is 1.75. The second-order valence-corrected chi connectivity index (χ2v) is 5.29. The maximum Gasteiger partial charge on any atom is 0.221 e. The maximum absolute atomic E-state index is 11.7. The molecule has 21 heavy (non-hydrogen) atoms. The van der Waals surface area contributed by atoms with E-state index in [9.17, 15) is 4.79 Å². The Hall–Kier alpha value is -2.21. The zero-order valence-corrected chi connectivity index (χ0v) is 12.1. The molecule has 0 unspecified atom stereocenters. The van der Waals surface area contributed by atoms with Crippen LogP contribution in [0.15, 0.2) is 36.7 Å². The number of nitrogens with zero attached hydrogens (tertiary/aromatic N) is 4. The Labute approximate surface area is 123 Å². The van der Waals surface area contributed by atoms with Gasteiger partial charge in [0.2, 0.25) is 5.91 Å². The Kier molecular flexibility index (Phi) is 3.96. The number of nitrogens with one attached hydrogen (secondary N) is 1. The highest BCUT2D eigenvalue weighted by Crippen LogP contribution is 2.23. The molecule has 6 nitrogen and oxygen atoms in total.